The lowest BCUT2D eigenvalue weighted by atomic mass is 10.0. The van der Waals surface area contributed by atoms with Crippen molar-refractivity contribution in [2.24, 2.45) is 5.92 Å². The van der Waals surface area contributed by atoms with E-state index in [2.05, 4.69) is 11.4 Å². The van der Waals surface area contributed by atoms with E-state index < -0.39 is 0 Å². The van der Waals surface area contributed by atoms with Crippen LogP contribution in [0.5, 0.6) is 0 Å². The zero-order valence-corrected chi connectivity index (χ0v) is 9.78. The van der Waals surface area contributed by atoms with Crippen molar-refractivity contribution in [3.63, 3.8) is 0 Å². The van der Waals surface area contributed by atoms with Crippen LogP contribution in [0.1, 0.15) is 18.4 Å². The lowest BCUT2D eigenvalue weighted by Crippen LogP contribution is -2.23. The fourth-order valence-corrected chi connectivity index (χ4v) is 2.02. The van der Waals surface area contributed by atoms with Gasteiger partial charge in [-0.05, 0) is 30.9 Å². The van der Waals surface area contributed by atoms with Crippen LogP contribution in [-0.4, -0.2) is 19.8 Å². The summed E-state index contributed by atoms with van der Waals surface area (Å²) in [6, 6.07) is 7.58. The van der Waals surface area contributed by atoms with Crippen molar-refractivity contribution in [1.82, 2.24) is 0 Å². The fraction of sp³-hybridized carbons (Fsp3) is 0.462. The van der Waals surface area contributed by atoms with Crippen molar-refractivity contribution in [2.45, 2.75) is 12.8 Å². The van der Waals surface area contributed by atoms with E-state index in [0.29, 0.717) is 17.2 Å². The standard InChI is InChI=1S/C13H17N3O/c14-8-11-2-1-3-12(13(11)15)16-9-10-4-6-17-7-5-10/h1-3,10,16H,4-7,9,15H2. The summed E-state index contributed by atoms with van der Waals surface area (Å²) in [7, 11) is 0. The molecule has 0 unspecified atom stereocenters. The van der Waals surface area contributed by atoms with Gasteiger partial charge in [-0.3, -0.25) is 0 Å². The molecule has 1 saturated heterocycles. The number of nitrogens with two attached hydrogens (primary N) is 1. The highest BCUT2D eigenvalue weighted by atomic mass is 16.5. The average molecular weight is 231 g/mol. The van der Waals surface area contributed by atoms with Crippen LogP contribution in [0.15, 0.2) is 18.2 Å². The molecule has 0 amide bonds. The Bertz CT molecular complexity index is 419. The summed E-state index contributed by atoms with van der Waals surface area (Å²) in [4.78, 5) is 0. The van der Waals surface area contributed by atoms with E-state index in [-0.39, 0.29) is 0 Å². The molecule has 1 aliphatic heterocycles. The summed E-state index contributed by atoms with van der Waals surface area (Å²) < 4.78 is 5.32. The number of ether oxygens (including phenoxy) is 1. The molecule has 17 heavy (non-hydrogen) atoms. The highest BCUT2D eigenvalue weighted by Crippen LogP contribution is 2.23. The number of nitrogens with zero attached hydrogens (tertiary/aromatic N) is 1. The quantitative estimate of drug-likeness (QED) is 0.780. The highest BCUT2D eigenvalue weighted by Gasteiger charge is 2.14. The fourth-order valence-electron chi connectivity index (χ4n) is 2.02. The molecule has 2 rings (SSSR count). The first kappa shape index (κ1) is 11.7. The topological polar surface area (TPSA) is 71.1 Å². The summed E-state index contributed by atoms with van der Waals surface area (Å²) >= 11 is 0. The summed E-state index contributed by atoms with van der Waals surface area (Å²) in [6.45, 7) is 2.59. The molecule has 0 aliphatic carbocycles. The van der Waals surface area contributed by atoms with E-state index in [1.165, 1.54) is 0 Å². The van der Waals surface area contributed by atoms with E-state index in [1.54, 1.807) is 6.07 Å². The number of para-hydroxylation sites is 1. The first-order chi connectivity index (χ1) is 8.31. The molecule has 1 heterocycles. The zero-order valence-electron chi connectivity index (χ0n) is 9.78. The molecule has 0 saturated carbocycles. The van der Waals surface area contributed by atoms with Crippen molar-refractivity contribution in [1.29, 1.82) is 5.26 Å². The van der Waals surface area contributed by atoms with E-state index >= 15 is 0 Å². The molecule has 1 fully saturated rings. The Balaban J connectivity index is 1.96. The van der Waals surface area contributed by atoms with Crippen molar-refractivity contribution >= 4 is 11.4 Å². The van der Waals surface area contributed by atoms with Gasteiger partial charge in [0.25, 0.3) is 0 Å². The molecule has 0 spiro atoms. The van der Waals surface area contributed by atoms with Crippen LogP contribution in [0.2, 0.25) is 0 Å². The second kappa shape index (κ2) is 5.55. The van der Waals surface area contributed by atoms with Gasteiger partial charge in [-0.1, -0.05) is 6.07 Å². The van der Waals surface area contributed by atoms with Crippen molar-refractivity contribution in [3.05, 3.63) is 23.8 Å². The Morgan fingerprint density at radius 1 is 1.41 bits per heavy atom. The molecule has 4 nitrogen and oxygen atoms in total. The number of benzene rings is 1. The minimum Gasteiger partial charge on any atom is -0.396 e. The van der Waals surface area contributed by atoms with Crippen LogP contribution < -0.4 is 11.1 Å². The van der Waals surface area contributed by atoms with Gasteiger partial charge in [0.2, 0.25) is 0 Å². The van der Waals surface area contributed by atoms with Gasteiger partial charge in [0.15, 0.2) is 0 Å². The Morgan fingerprint density at radius 2 is 2.18 bits per heavy atom. The minimum atomic E-state index is 0.530. The van der Waals surface area contributed by atoms with E-state index in [4.69, 9.17) is 15.7 Å². The number of hydrogen-bond acceptors (Lipinski definition) is 4. The Labute approximate surface area is 101 Å². The Kier molecular flexibility index (Phi) is 3.84. The van der Waals surface area contributed by atoms with Gasteiger partial charge in [0.1, 0.15) is 6.07 Å². The van der Waals surface area contributed by atoms with Crippen molar-refractivity contribution in [3.8, 4) is 6.07 Å². The number of rotatable bonds is 3. The molecule has 90 valence electrons. The second-order valence-electron chi connectivity index (χ2n) is 4.32. The Morgan fingerprint density at radius 3 is 2.88 bits per heavy atom. The lowest BCUT2D eigenvalue weighted by molar-refractivity contribution is 0.0699. The maximum atomic E-state index is 8.89. The second-order valence-corrected chi connectivity index (χ2v) is 4.32. The monoisotopic (exact) mass is 231 g/mol. The molecule has 0 atom stereocenters. The third kappa shape index (κ3) is 2.89. The largest absolute Gasteiger partial charge is 0.396 e. The number of anilines is 2. The van der Waals surface area contributed by atoms with Gasteiger partial charge < -0.3 is 15.8 Å². The smallest absolute Gasteiger partial charge is 0.101 e. The highest BCUT2D eigenvalue weighted by molar-refractivity contribution is 5.72. The van der Waals surface area contributed by atoms with Crippen LogP contribution in [0.4, 0.5) is 11.4 Å². The third-order valence-corrected chi connectivity index (χ3v) is 3.15. The Hall–Kier alpha value is -1.73. The van der Waals surface area contributed by atoms with Crippen molar-refractivity contribution in [2.75, 3.05) is 30.8 Å². The molecular weight excluding hydrogens is 214 g/mol. The zero-order chi connectivity index (χ0) is 12.1. The SMILES string of the molecule is N#Cc1cccc(NCC2CCOCC2)c1N. The minimum absolute atomic E-state index is 0.530. The van der Waals surface area contributed by atoms with E-state index in [0.717, 1.165) is 38.3 Å². The maximum Gasteiger partial charge on any atom is 0.101 e. The van der Waals surface area contributed by atoms with Crippen LogP contribution >= 0.6 is 0 Å². The molecule has 1 aromatic carbocycles. The molecule has 4 heteroatoms. The first-order valence-corrected chi connectivity index (χ1v) is 5.91. The van der Waals surface area contributed by atoms with Crippen LogP contribution in [0.25, 0.3) is 0 Å². The van der Waals surface area contributed by atoms with Gasteiger partial charge in [-0.25, -0.2) is 0 Å². The van der Waals surface area contributed by atoms with Crippen LogP contribution in [-0.2, 0) is 4.74 Å². The van der Waals surface area contributed by atoms with Gasteiger partial charge >= 0.3 is 0 Å². The molecule has 0 bridgehead atoms. The average Bonchev–Trinajstić information content (AvgIpc) is 2.39. The van der Waals surface area contributed by atoms with Crippen LogP contribution in [0, 0.1) is 17.2 Å². The van der Waals surface area contributed by atoms with Crippen molar-refractivity contribution < 1.29 is 4.74 Å². The molecule has 1 aromatic rings. The predicted octanol–water partition coefficient (Wildman–Crippen LogP) is 1.98. The van der Waals surface area contributed by atoms with Gasteiger partial charge in [0.05, 0.1) is 16.9 Å². The van der Waals surface area contributed by atoms with Gasteiger partial charge in [0, 0.05) is 19.8 Å². The number of nitrogens with one attached hydrogen (secondary N) is 1. The summed E-state index contributed by atoms with van der Waals surface area (Å²) in [5.41, 5.74) is 7.83. The third-order valence-electron chi connectivity index (χ3n) is 3.15. The maximum absolute atomic E-state index is 8.89. The number of nitriles is 1. The van der Waals surface area contributed by atoms with E-state index in [1.807, 2.05) is 12.1 Å². The number of nitrogen functional groups attached to an aromatic ring is 1. The van der Waals surface area contributed by atoms with Gasteiger partial charge in [-0.2, -0.15) is 5.26 Å². The predicted molar refractivity (Wildman–Crippen MR) is 67.6 cm³/mol. The summed E-state index contributed by atoms with van der Waals surface area (Å²) in [5, 5.41) is 12.2. The lowest BCUT2D eigenvalue weighted by Gasteiger charge is -2.23. The molecular formula is C13H17N3O. The van der Waals surface area contributed by atoms with E-state index in [9.17, 15) is 0 Å². The molecule has 3 N–H and O–H groups in total. The summed E-state index contributed by atoms with van der Waals surface area (Å²) in [6.07, 6.45) is 2.18. The molecule has 1 aliphatic rings. The number of hydrogen-bond donors (Lipinski definition) is 2. The molecule has 0 radical (unpaired) electrons. The summed E-state index contributed by atoms with van der Waals surface area (Å²) in [5.74, 6) is 0.633. The van der Waals surface area contributed by atoms with Crippen LogP contribution in [0.3, 0.4) is 0 Å². The normalized spacial score (nSPS) is 16.4. The van der Waals surface area contributed by atoms with Gasteiger partial charge in [-0.15, -0.1) is 0 Å². The first-order valence-electron chi connectivity index (χ1n) is 5.91. The molecule has 0 aromatic heterocycles.